The monoisotopic (exact) mass is 335 g/mol. The zero-order chi connectivity index (χ0) is 17.0. The number of nitrogens with zero attached hydrogens (tertiary/aromatic N) is 1. The molecule has 1 aliphatic rings. The number of benzene rings is 1. The smallest absolute Gasteiger partial charge is 0.411 e. The lowest BCUT2D eigenvalue weighted by molar-refractivity contribution is 0.0181. The summed E-state index contributed by atoms with van der Waals surface area (Å²) in [5.74, 6) is 0. The first kappa shape index (κ1) is 17.5. The van der Waals surface area contributed by atoms with Crippen LogP contribution < -0.4 is 0 Å². The van der Waals surface area contributed by atoms with Crippen molar-refractivity contribution in [2.24, 2.45) is 0 Å². The van der Waals surface area contributed by atoms with Crippen molar-refractivity contribution in [3.05, 3.63) is 46.5 Å². The molecule has 1 heterocycles. The minimum Gasteiger partial charge on any atom is -0.444 e. The molecular weight excluding hydrogens is 314 g/mol. The van der Waals surface area contributed by atoms with Crippen molar-refractivity contribution in [2.75, 3.05) is 6.54 Å². The Morgan fingerprint density at radius 2 is 2.09 bits per heavy atom. The Balaban J connectivity index is 2.38. The second-order valence-electron chi connectivity index (χ2n) is 6.59. The van der Waals surface area contributed by atoms with Gasteiger partial charge in [0.2, 0.25) is 0 Å². The van der Waals surface area contributed by atoms with E-state index >= 15 is 0 Å². The van der Waals surface area contributed by atoms with Crippen LogP contribution in [0.25, 0.3) is 0 Å². The van der Waals surface area contributed by atoms with Crippen LogP contribution in [0, 0.1) is 0 Å². The molecule has 1 aliphatic heterocycles. The van der Waals surface area contributed by atoms with Gasteiger partial charge in [-0.05, 0) is 57.4 Å². The highest BCUT2D eigenvalue weighted by Crippen LogP contribution is 2.32. The van der Waals surface area contributed by atoms with Crippen LogP contribution in [-0.4, -0.2) is 29.4 Å². The molecule has 0 aromatic heterocycles. The van der Waals surface area contributed by atoms with Gasteiger partial charge in [-0.1, -0.05) is 23.8 Å². The van der Waals surface area contributed by atoms with E-state index in [1.807, 2.05) is 32.9 Å². The van der Waals surface area contributed by atoms with Crippen LogP contribution in [0.3, 0.4) is 0 Å². The number of rotatable bonds is 2. The molecule has 1 aromatic carbocycles. The number of hydrogen-bond donors (Lipinski definition) is 0. The van der Waals surface area contributed by atoms with Gasteiger partial charge in [-0.25, -0.2) is 4.79 Å². The zero-order valence-corrected chi connectivity index (χ0v) is 14.5. The predicted octanol–water partition coefficient (Wildman–Crippen LogP) is 4.78. The zero-order valence-electron chi connectivity index (χ0n) is 13.7. The highest BCUT2D eigenvalue weighted by Gasteiger charge is 2.30. The van der Waals surface area contributed by atoms with Crippen LogP contribution >= 0.6 is 11.6 Å². The van der Waals surface area contributed by atoms with E-state index in [0.29, 0.717) is 17.1 Å². The molecule has 0 saturated carbocycles. The summed E-state index contributed by atoms with van der Waals surface area (Å²) in [4.78, 5) is 25.6. The second kappa shape index (κ2) is 7.18. The average molecular weight is 336 g/mol. The summed E-state index contributed by atoms with van der Waals surface area (Å²) in [6, 6.07) is 4.90. The van der Waals surface area contributed by atoms with Crippen molar-refractivity contribution in [1.82, 2.24) is 4.90 Å². The minimum atomic E-state index is -0.570. The number of allylic oxidation sites excluding steroid dienone is 1. The summed E-state index contributed by atoms with van der Waals surface area (Å²) in [5, 5.41) is 0.548. The molecule has 2 rings (SSSR count). The van der Waals surface area contributed by atoms with Gasteiger partial charge in [-0.2, -0.15) is 0 Å². The maximum atomic E-state index is 12.6. The lowest BCUT2D eigenvalue weighted by atomic mass is 9.96. The summed E-state index contributed by atoms with van der Waals surface area (Å²) in [5.41, 5.74) is 0.747. The fraction of sp³-hybridized carbons (Fsp3) is 0.444. The topological polar surface area (TPSA) is 46.6 Å². The van der Waals surface area contributed by atoms with E-state index in [4.69, 9.17) is 16.3 Å². The van der Waals surface area contributed by atoms with E-state index in [1.54, 1.807) is 23.1 Å². The summed E-state index contributed by atoms with van der Waals surface area (Å²) in [6.07, 6.45) is 5.96. The molecule has 0 spiro atoms. The summed E-state index contributed by atoms with van der Waals surface area (Å²) >= 11 is 6.10. The molecule has 23 heavy (non-hydrogen) atoms. The lowest BCUT2D eigenvalue weighted by Gasteiger charge is -2.33. The number of ether oxygens (including phenoxy) is 1. The number of aldehydes is 1. The third kappa shape index (κ3) is 4.58. The number of amides is 1. The van der Waals surface area contributed by atoms with Gasteiger partial charge in [0, 0.05) is 17.1 Å². The molecule has 0 radical (unpaired) electrons. The maximum absolute atomic E-state index is 12.6. The SMILES string of the molecule is CC(C)(C)OC(=O)N1CC=CCC[C@@H]1c1cc(Cl)ccc1C=O. The van der Waals surface area contributed by atoms with Crippen molar-refractivity contribution < 1.29 is 14.3 Å². The highest BCUT2D eigenvalue weighted by molar-refractivity contribution is 6.30. The van der Waals surface area contributed by atoms with Crippen molar-refractivity contribution >= 4 is 24.0 Å². The van der Waals surface area contributed by atoms with Gasteiger partial charge in [0.1, 0.15) is 11.9 Å². The highest BCUT2D eigenvalue weighted by atomic mass is 35.5. The van der Waals surface area contributed by atoms with Crippen molar-refractivity contribution in [1.29, 1.82) is 0 Å². The molecule has 5 heteroatoms. The van der Waals surface area contributed by atoms with E-state index in [0.717, 1.165) is 24.7 Å². The van der Waals surface area contributed by atoms with Gasteiger partial charge >= 0.3 is 6.09 Å². The molecule has 0 bridgehead atoms. The van der Waals surface area contributed by atoms with E-state index in [9.17, 15) is 9.59 Å². The Labute approximate surface area is 142 Å². The van der Waals surface area contributed by atoms with Gasteiger partial charge in [-0.3, -0.25) is 9.69 Å². The molecule has 4 nitrogen and oxygen atoms in total. The third-order valence-corrected chi connectivity index (χ3v) is 3.85. The van der Waals surface area contributed by atoms with Gasteiger partial charge < -0.3 is 4.74 Å². The summed E-state index contributed by atoms with van der Waals surface area (Å²) in [6.45, 7) is 5.96. The Bertz CT molecular complexity index is 619. The van der Waals surface area contributed by atoms with Gasteiger partial charge in [0.05, 0.1) is 6.04 Å². The Morgan fingerprint density at radius 3 is 2.74 bits per heavy atom. The van der Waals surface area contributed by atoms with Crippen LogP contribution in [0.5, 0.6) is 0 Å². The van der Waals surface area contributed by atoms with Gasteiger partial charge in [-0.15, -0.1) is 0 Å². The number of carbonyl (C=O) groups is 2. The molecule has 0 fully saturated rings. The van der Waals surface area contributed by atoms with E-state index in [2.05, 4.69) is 0 Å². The fourth-order valence-electron chi connectivity index (χ4n) is 2.63. The normalized spacial score (nSPS) is 18.4. The van der Waals surface area contributed by atoms with Crippen LogP contribution in [-0.2, 0) is 4.74 Å². The number of carbonyl (C=O) groups excluding carboxylic acids is 2. The predicted molar refractivity (Wildman–Crippen MR) is 90.9 cm³/mol. The first-order valence-electron chi connectivity index (χ1n) is 7.71. The van der Waals surface area contributed by atoms with Crippen LogP contribution in [0.1, 0.15) is 55.6 Å². The van der Waals surface area contributed by atoms with Gasteiger partial charge in [0.25, 0.3) is 0 Å². The first-order valence-corrected chi connectivity index (χ1v) is 8.09. The molecular formula is C18H22ClNO3. The summed E-state index contributed by atoms with van der Waals surface area (Å²) in [7, 11) is 0. The maximum Gasteiger partial charge on any atom is 0.411 e. The second-order valence-corrected chi connectivity index (χ2v) is 7.02. The van der Waals surface area contributed by atoms with Crippen LogP contribution in [0.2, 0.25) is 5.02 Å². The number of hydrogen-bond acceptors (Lipinski definition) is 3. The van der Waals surface area contributed by atoms with Crippen LogP contribution in [0.15, 0.2) is 30.4 Å². The minimum absolute atomic E-state index is 0.237. The number of halogens is 1. The standard InChI is InChI=1S/C18H22ClNO3/c1-18(2,3)23-17(22)20-10-6-4-5-7-16(20)15-11-14(19)9-8-13(15)12-21/h4,6,8-9,11-12,16H,5,7,10H2,1-3H3/t16-/m1/s1. The summed E-state index contributed by atoms with van der Waals surface area (Å²) < 4.78 is 5.52. The van der Waals surface area contributed by atoms with E-state index in [1.165, 1.54) is 0 Å². The molecule has 1 amide bonds. The third-order valence-electron chi connectivity index (χ3n) is 3.61. The molecule has 0 saturated heterocycles. The Kier molecular flexibility index (Phi) is 5.47. The van der Waals surface area contributed by atoms with Crippen LogP contribution in [0.4, 0.5) is 4.79 Å². The molecule has 0 unspecified atom stereocenters. The molecule has 1 atom stereocenters. The molecule has 0 N–H and O–H groups in total. The van der Waals surface area contributed by atoms with E-state index in [-0.39, 0.29) is 12.1 Å². The van der Waals surface area contributed by atoms with Crippen molar-refractivity contribution in [3.63, 3.8) is 0 Å². The quantitative estimate of drug-likeness (QED) is 0.577. The first-order chi connectivity index (χ1) is 10.8. The van der Waals surface area contributed by atoms with E-state index < -0.39 is 5.60 Å². The molecule has 1 aromatic rings. The fourth-order valence-corrected chi connectivity index (χ4v) is 2.81. The molecule has 0 aliphatic carbocycles. The lowest BCUT2D eigenvalue weighted by Crippen LogP contribution is -2.39. The van der Waals surface area contributed by atoms with Crippen molar-refractivity contribution in [2.45, 2.75) is 45.3 Å². The Morgan fingerprint density at radius 1 is 1.35 bits per heavy atom. The van der Waals surface area contributed by atoms with Gasteiger partial charge in [0.15, 0.2) is 0 Å². The van der Waals surface area contributed by atoms with Crippen molar-refractivity contribution in [3.8, 4) is 0 Å². The average Bonchev–Trinajstić information content (AvgIpc) is 2.71. The largest absolute Gasteiger partial charge is 0.444 e. The molecule has 124 valence electrons. The Hall–Kier alpha value is -1.81.